The van der Waals surface area contributed by atoms with E-state index in [1.807, 2.05) is 24.3 Å². The summed E-state index contributed by atoms with van der Waals surface area (Å²) in [6, 6.07) is 12.0. The first kappa shape index (κ1) is 16.3. The maximum Gasteiger partial charge on any atom is 0.251 e. The van der Waals surface area contributed by atoms with Crippen molar-refractivity contribution in [1.82, 2.24) is 5.32 Å². The van der Waals surface area contributed by atoms with Gasteiger partial charge in [0, 0.05) is 37.2 Å². The molecular weight excluding hydrogens is 328 g/mol. The van der Waals surface area contributed by atoms with E-state index in [1.165, 1.54) is 18.2 Å². The van der Waals surface area contributed by atoms with Gasteiger partial charge in [0.1, 0.15) is 5.75 Å². The lowest BCUT2D eigenvalue weighted by Crippen LogP contribution is -2.37. The number of nitrogens with one attached hydrogen (secondary N) is 1. The predicted molar refractivity (Wildman–Crippen MR) is 92.7 cm³/mol. The van der Waals surface area contributed by atoms with E-state index in [4.69, 9.17) is 11.6 Å². The Morgan fingerprint density at radius 3 is 2.83 bits per heavy atom. The van der Waals surface area contributed by atoms with Gasteiger partial charge in [-0.15, -0.1) is 0 Å². The zero-order chi connectivity index (χ0) is 17.3. The average Bonchev–Trinajstić information content (AvgIpc) is 2.59. The third-order valence-corrected chi connectivity index (χ3v) is 4.55. The first-order chi connectivity index (χ1) is 11.5. The highest BCUT2D eigenvalue weighted by Crippen LogP contribution is 2.34. The molecule has 1 atom stereocenters. The summed E-state index contributed by atoms with van der Waals surface area (Å²) in [5.74, 6) is -0.397. The number of amides is 2. The summed E-state index contributed by atoms with van der Waals surface area (Å²) in [5, 5.41) is 12.4. The van der Waals surface area contributed by atoms with Gasteiger partial charge in [-0.2, -0.15) is 0 Å². The fraction of sp³-hybridized carbons (Fsp3) is 0.222. The Balaban J connectivity index is 1.74. The molecule has 2 aromatic rings. The highest BCUT2D eigenvalue weighted by atomic mass is 35.5. The van der Waals surface area contributed by atoms with Crippen molar-refractivity contribution < 1.29 is 14.7 Å². The molecule has 1 aliphatic heterocycles. The van der Waals surface area contributed by atoms with E-state index in [-0.39, 0.29) is 28.5 Å². The summed E-state index contributed by atoms with van der Waals surface area (Å²) in [4.78, 5) is 26.0. The Hall–Kier alpha value is -2.53. The van der Waals surface area contributed by atoms with E-state index >= 15 is 0 Å². The van der Waals surface area contributed by atoms with Crippen LogP contribution in [0.5, 0.6) is 5.75 Å². The van der Waals surface area contributed by atoms with Crippen LogP contribution in [-0.4, -0.2) is 30.5 Å². The smallest absolute Gasteiger partial charge is 0.251 e. The molecule has 0 saturated carbocycles. The molecule has 6 heteroatoms. The first-order valence-corrected chi connectivity index (χ1v) is 7.97. The Labute approximate surface area is 144 Å². The van der Waals surface area contributed by atoms with E-state index in [1.54, 1.807) is 11.9 Å². The van der Waals surface area contributed by atoms with E-state index in [9.17, 15) is 14.7 Å². The van der Waals surface area contributed by atoms with Gasteiger partial charge in [-0.3, -0.25) is 9.59 Å². The second-order valence-corrected chi connectivity index (χ2v) is 6.20. The van der Waals surface area contributed by atoms with Crippen LogP contribution in [0, 0.1) is 0 Å². The number of carbonyl (C=O) groups excluding carboxylic acids is 2. The minimum atomic E-state index is -0.291. The third-order valence-electron chi connectivity index (χ3n) is 4.25. The Bertz CT molecular complexity index is 807. The molecule has 124 valence electrons. The number of nitrogens with zero attached hydrogens (tertiary/aromatic N) is 1. The number of para-hydroxylation sites is 1. The molecule has 0 bridgehead atoms. The number of anilines is 1. The van der Waals surface area contributed by atoms with Gasteiger partial charge in [0.15, 0.2) is 0 Å². The lowest BCUT2D eigenvalue weighted by atomic mass is 9.89. The number of rotatable bonds is 3. The van der Waals surface area contributed by atoms with E-state index < -0.39 is 0 Å². The van der Waals surface area contributed by atoms with Crippen molar-refractivity contribution in [2.24, 2.45) is 0 Å². The van der Waals surface area contributed by atoms with Crippen LogP contribution < -0.4 is 10.2 Å². The highest BCUT2D eigenvalue weighted by Gasteiger charge is 2.29. The van der Waals surface area contributed by atoms with Crippen LogP contribution in [0.1, 0.15) is 28.3 Å². The first-order valence-electron chi connectivity index (χ1n) is 7.59. The molecule has 3 rings (SSSR count). The van der Waals surface area contributed by atoms with Gasteiger partial charge in [-0.25, -0.2) is 0 Å². The summed E-state index contributed by atoms with van der Waals surface area (Å²) in [5.41, 5.74) is 2.29. The number of benzene rings is 2. The molecule has 24 heavy (non-hydrogen) atoms. The number of halogens is 1. The van der Waals surface area contributed by atoms with Crippen molar-refractivity contribution >= 4 is 29.1 Å². The fourth-order valence-electron chi connectivity index (χ4n) is 2.88. The summed E-state index contributed by atoms with van der Waals surface area (Å²) in [6.07, 6.45) is 0.351. The monoisotopic (exact) mass is 344 g/mol. The van der Waals surface area contributed by atoms with Crippen LogP contribution in [0.3, 0.4) is 0 Å². The molecule has 2 N–H and O–H groups in total. The maximum atomic E-state index is 12.3. The minimum absolute atomic E-state index is 0.0284. The van der Waals surface area contributed by atoms with Gasteiger partial charge < -0.3 is 15.3 Å². The van der Waals surface area contributed by atoms with Crippen LogP contribution in [0.2, 0.25) is 5.02 Å². The van der Waals surface area contributed by atoms with Gasteiger partial charge in [0.25, 0.3) is 5.91 Å². The second kappa shape index (κ2) is 6.53. The van der Waals surface area contributed by atoms with Gasteiger partial charge >= 0.3 is 0 Å². The van der Waals surface area contributed by atoms with Gasteiger partial charge in [-0.05, 0) is 29.8 Å². The van der Waals surface area contributed by atoms with Crippen LogP contribution in [0.4, 0.5) is 5.69 Å². The maximum absolute atomic E-state index is 12.3. The number of hydrogen-bond acceptors (Lipinski definition) is 3. The van der Waals surface area contributed by atoms with Gasteiger partial charge in [0.05, 0.1) is 5.02 Å². The fourth-order valence-corrected chi connectivity index (χ4v) is 3.06. The van der Waals surface area contributed by atoms with Crippen molar-refractivity contribution in [3.63, 3.8) is 0 Å². The van der Waals surface area contributed by atoms with Crippen molar-refractivity contribution in [3.05, 3.63) is 58.6 Å². The minimum Gasteiger partial charge on any atom is -0.506 e. The molecule has 0 aliphatic carbocycles. The number of fused-ring (bicyclic) bond motifs is 1. The summed E-state index contributed by atoms with van der Waals surface area (Å²) < 4.78 is 0. The van der Waals surface area contributed by atoms with Crippen molar-refractivity contribution in [2.75, 3.05) is 18.5 Å². The van der Waals surface area contributed by atoms with Crippen molar-refractivity contribution in [3.8, 4) is 5.75 Å². The number of aromatic hydroxyl groups is 1. The van der Waals surface area contributed by atoms with Crippen LogP contribution >= 0.6 is 11.6 Å². The molecule has 0 fully saturated rings. The van der Waals surface area contributed by atoms with Gasteiger partial charge in [-0.1, -0.05) is 29.8 Å². The molecule has 1 heterocycles. The van der Waals surface area contributed by atoms with Crippen LogP contribution in [-0.2, 0) is 4.79 Å². The van der Waals surface area contributed by atoms with E-state index in [0.717, 1.165) is 11.3 Å². The van der Waals surface area contributed by atoms with Crippen molar-refractivity contribution in [2.45, 2.75) is 12.3 Å². The number of phenolic OH excluding ortho intramolecular Hbond substituents is 1. The second-order valence-electron chi connectivity index (χ2n) is 5.79. The molecule has 5 nitrogen and oxygen atoms in total. The standard InChI is InChI=1S/C18H17ClN2O3/c1-21-15-5-3-2-4-13(15)12(9-17(21)23)10-20-18(24)11-6-7-16(22)14(19)8-11/h2-8,12,22H,9-10H2,1H3,(H,20,24)/t12-/m0/s1. The van der Waals surface area contributed by atoms with E-state index in [0.29, 0.717) is 18.5 Å². The highest BCUT2D eigenvalue weighted by molar-refractivity contribution is 6.32. The zero-order valence-electron chi connectivity index (χ0n) is 13.1. The molecule has 2 amide bonds. The van der Waals surface area contributed by atoms with Crippen LogP contribution in [0.15, 0.2) is 42.5 Å². The predicted octanol–water partition coefficient (Wildman–Crippen LogP) is 2.93. The number of carbonyl (C=O) groups is 2. The molecule has 0 unspecified atom stereocenters. The van der Waals surface area contributed by atoms with Gasteiger partial charge in [0.2, 0.25) is 5.91 Å². The molecule has 2 aromatic carbocycles. The summed E-state index contributed by atoms with van der Waals surface area (Å²) in [7, 11) is 1.76. The quantitative estimate of drug-likeness (QED) is 0.899. The molecule has 0 saturated heterocycles. The number of phenols is 1. The van der Waals surface area contributed by atoms with E-state index in [2.05, 4.69) is 5.32 Å². The third kappa shape index (κ3) is 3.08. The van der Waals surface area contributed by atoms with Crippen molar-refractivity contribution in [1.29, 1.82) is 0 Å². The Morgan fingerprint density at radius 1 is 1.33 bits per heavy atom. The zero-order valence-corrected chi connectivity index (χ0v) is 13.9. The SMILES string of the molecule is CN1C(=O)C[C@@H](CNC(=O)c2ccc(O)c(Cl)c2)c2ccccc21. The number of hydrogen-bond donors (Lipinski definition) is 2. The topological polar surface area (TPSA) is 69.6 Å². The summed E-state index contributed by atoms with van der Waals surface area (Å²) >= 11 is 5.83. The normalized spacial score (nSPS) is 16.7. The average molecular weight is 345 g/mol. The molecule has 0 aromatic heterocycles. The Kier molecular flexibility index (Phi) is 4.44. The lowest BCUT2D eigenvalue weighted by Gasteiger charge is -2.31. The molecule has 0 spiro atoms. The molecule has 0 radical (unpaired) electrons. The Morgan fingerprint density at radius 2 is 2.08 bits per heavy atom. The van der Waals surface area contributed by atoms with Crippen LogP contribution in [0.25, 0.3) is 0 Å². The summed E-state index contributed by atoms with van der Waals surface area (Å²) in [6.45, 7) is 0.355. The lowest BCUT2D eigenvalue weighted by molar-refractivity contribution is -0.119. The molecular formula is C18H17ClN2O3. The largest absolute Gasteiger partial charge is 0.506 e. The molecule has 1 aliphatic rings.